The highest BCUT2D eigenvalue weighted by molar-refractivity contribution is 5.94. The van der Waals surface area contributed by atoms with Gasteiger partial charge in [-0.25, -0.2) is 0 Å². The van der Waals surface area contributed by atoms with Gasteiger partial charge in [-0.2, -0.15) is 5.10 Å². The van der Waals surface area contributed by atoms with E-state index < -0.39 is 0 Å². The van der Waals surface area contributed by atoms with E-state index in [-0.39, 0.29) is 18.3 Å². The number of hydrogen-bond acceptors (Lipinski definition) is 3. The van der Waals surface area contributed by atoms with Gasteiger partial charge in [0, 0.05) is 25.8 Å². The molecule has 2 heterocycles. The molecule has 6 heteroatoms. The van der Waals surface area contributed by atoms with Crippen LogP contribution in [0.15, 0.2) is 12.4 Å². The maximum Gasteiger partial charge on any atom is 0.257 e. The SMILES string of the molecule is CCCN(C(=O)c1cnn(C)c1)C1CCNCC1.Cl. The Hall–Kier alpha value is -1.07. The van der Waals surface area contributed by atoms with Crippen molar-refractivity contribution in [1.82, 2.24) is 20.0 Å². The Labute approximate surface area is 120 Å². The summed E-state index contributed by atoms with van der Waals surface area (Å²) in [5, 5.41) is 7.42. The number of carbonyl (C=O) groups is 1. The molecule has 1 aliphatic heterocycles. The van der Waals surface area contributed by atoms with Crippen LogP contribution in [0.5, 0.6) is 0 Å². The molecule has 0 radical (unpaired) electrons. The summed E-state index contributed by atoms with van der Waals surface area (Å²) < 4.78 is 1.68. The zero-order chi connectivity index (χ0) is 13.0. The fraction of sp³-hybridized carbons (Fsp3) is 0.692. The van der Waals surface area contributed by atoms with Gasteiger partial charge in [0.2, 0.25) is 0 Å². The number of rotatable bonds is 4. The van der Waals surface area contributed by atoms with Gasteiger partial charge in [0.1, 0.15) is 0 Å². The standard InChI is InChI=1S/C13H22N4O.ClH/c1-3-8-17(12-4-6-14-7-5-12)13(18)11-9-15-16(2)10-11;/h9-10,12,14H,3-8H2,1-2H3;1H. The number of aromatic nitrogens is 2. The van der Waals surface area contributed by atoms with Crippen LogP contribution in [0.3, 0.4) is 0 Å². The van der Waals surface area contributed by atoms with Crippen molar-refractivity contribution >= 4 is 18.3 Å². The molecule has 2 rings (SSSR count). The van der Waals surface area contributed by atoms with Crippen LogP contribution in [0.1, 0.15) is 36.5 Å². The highest BCUT2D eigenvalue weighted by atomic mass is 35.5. The van der Waals surface area contributed by atoms with Gasteiger partial charge in [0.15, 0.2) is 0 Å². The summed E-state index contributed by atoms with van der Waals surface area (Å²) in [7, 11) is 1.84. The topological polar surface area (TPSA) is 50.2 Å². The minimum absolute atomic E-state index is 0. The molecule has 0 spiro atoms. The number of hydrogen-bond donors (Lipinski definition) is 1. The van der Waals surface area contributed by atoms with Gasteiger partial charge in [-0.15, -0.1) is 12.4 Å². The first-order valence-electron chi connectivity index (χ1n) is 6.72. The average Bonchev–Trinajstić information content (AvgIpc) is 2.83. The molecule has 0 bridgehead atoms. The van der Waals surface area contributed by atoms with Crippen molar-refractivity contribution in [2.75, 3.05) is 19.6 Å². The Kier molecular flexibility index (Phi) is 6.31. The summed E-state index contributed by atoms with van der Waals surface area (Å²) in [4.78, 5) is 14.5. The van der Waals surface area contributed by atoms with Crippen LogP contribution in [-0.2, 0) is 7.05 Å². The lowest BCUT2D eigenvalue weighted by atomic mass is 10.0. The predicted molar refractivity (Wildman–Crippen MR) is 77.7 cm³/mol. The predicted octanol–water partition coefficient (Wildman–Crippen LogP) is 1.45. The Morgan fingerprint density at radius 1 is 1.53 bits per heavy atom. The molecule has 1 fully saturated rings. The molecule has 1 aromatic rings. The molecular weight excluding hydrogens is 264 g/mol. The van der Waals surface area contributed by atoms with Crippen molar-refractivity contribution in [3.8, 4) is 0 Å². The summed E-state index contributed by atoms with van der Waals surface area (Å²) in [6, 6.07) is 0.374. The lowest BCUT2D eigenvalue weighted by Crippen LogP contribution is -2.46. The van der Waals surface area contributed by atoms with E-state index in [4.69, 9.17) is 0 Å². The zero-order valence-corrected chi connectivity index (χ0v) is 12.4. The number of nitrogens with one attached hydrogen (secondary N) is 1. The molecule has 1 N–H and O–H groups in total. The molecule has 108 valence electrons. The van der Waals surface area contributed by atoms with Crippen molar-refractivity contribution in [3.63, 3.8) is 0 Å². The molecular formula is C13H23ClN4O. The fourth-order valence-corrected chi connectivity index (χ4v) is 2.51. The molecule has 0 aromatic carbocycles. The van der Waals surface area contributed by atoms with E-state index in [1.807, 2.05) is 11.9 Å². The monoisotopic (exact) mass is 286 g/mol. The van der Waals surface area contributed by atoms with E-state index in [1.165, 1.54) is 0 Å². The van der Waals surface area contributed by atoms with E-state index in [0.717, 1.165) is 38.9 Å². The highest BCUT2D eigenvalue weighted by Gasteiger charge is 2.26. The number of carbonyl (C=O) groups excluding carboxylic acids is 1. The molecule has 5 nitrogen and oxygen atoms in total. The van der Waals surface area contributed by atoms with Crippen LogP contribution in [0.25, 0.3) is 0 Å². The van der Waals surface area contributed by atoms with Gasteiger partial charge >= 0.3 is 0 Å². The third-order valence-electron chi connectivity index (χ3n) is 3.43. The van der Waals surface area contributed by atoms with Gasteiger partial charge in [-0.05, 0) is 32.4 Å². The molecule has 0 atom stereocenters. The first kappa shape index (κ1) is 16.0. The molecule has 19 heavy (non-hydrogen) atoms. The second-order valence-corrected chi connectivity index (χ2v) is 4.88. The van der Waals surface area contributed by atoms with Crippen LogP contribution in [0.2, 0.25) is 0 Å². The highest BCUT2D eigenvalue weighted by Crippen LogP contribution is 2.16. The first-order valence-corrected chi connectivity index (χ1v) is 6.72. The van der Waals surface area contributed by atoms with E-state index in [2.05, 4.69) is 17.3 Å². The molecule has 0 saturated carbocycles. The second kappa shape index (κ2) is 7.50. The van der Waals surface area contributed by atoms with Crippen molar-refractivity contribution in [2.24, 2.45) is 7.05 Å². The van der Waals surface area contributed by atoms with E-state index in [1.54, 1.807) is 17.1 Å². The van der Waals surface area contributed by atoms with Crippen molar-refractivity contribution in [1.29, 1.82) is 0 Å². The van der Waals surface area contributed by atoms with Crippen molar-refractivity contribution in [2.45, 2.75) is 32.2 Å². The van der Waals surface area contributed by atoms with Crippen molar-refractivity contribution < 1.29 is 4.79 Å². The minimum Gasteiger partial charge on any atom is -0.335 e. The van der Waals surface area contributed by atoms with E-state index in [0.29, 0.717) is 11.6 Å². The normalized spacial score (nSPS) is 15.9. The number of amides is 1. The smallest absolute Gasteiger partial charge is 0.257 e. The average molecular weight is 287 g/mol. The maximum atomic E-state index is 12.5. The quantitative estimate of drug-likeness (QED) is 0.911. The number of nitrogens with zero attached hydrogens (tertiary/aromatic N) is 3. The molecule has 0 aliphatic carbocycles. The molecule has 0 unspecified atom stereocenters. The van der Waals surface area contributed by atoms with Gasteiger partial charge in [0.05, 0.1) is 11.8 Å². The summed E-state index contributed by atoms with van der Waals surface area (Å²) in [5.41, 5.74) is 0.699. The molecule has 1 aromatic heterocycles. The lowest BCUT2D eigenvalue weighted by molar-refractivity contribution is 0.0642. The van der Waals surface area contributed by atoms with Gasteiger partial charge in [-0.1, -0.05) is 6.92 Å². The molecule has 1 saturated heterocycles. The lowest BCUT2D eigenvalue weighted by Gasteiger charge is -2.34. The Balaban J connectivity index is 0.00000180. The number of halogens is 1. The Bertz CT molecular complexity index is 401. The van der Waals surface area contributed by atoms with Gasteiger partial charge in [0.25, 0.3) is 5.91 Å². The van der Waals surface area contributed by atoms with Gasteiger partial charge in [-0.3, -0.25) is 9.48 Å². The van der Waals surface area contributed by atoms with Gasteiger partial charge < -0.3 is 10.2 Å². The number of piperidine rings is 1. The zero-order valence-electron chi connectivity index (χ0n) is 11.6. The van der Waals surface area contributed by atoms with Crippen LogP contribution >= 0.6 is 12.4 Å². The fourth-order valence-electron chi connectivity index (χ4n) is 2.51. The maximum absolute atomic E-state index is 12.5. The third-order valence-corrected chi connectivity index (χ3v) is 3.43. The Morgan fingerprint density at radius 2 is 2.21 bits per heavy atom. The van der Waals surface area contributed by atoms with Crippen LogP contribution in [0, 0.1) is 0 Å². The third kappa shape index (κ3) is 3.94. The van der Waals surface area contributed by atoms with E-state index in [9.17, 15) is 4.79 Å². The summed E-state index contributed by atoms with van der Waals surface area (Å²) in [6.07, 6.45) is 6.55. The molecule has 1 aliphatic rings. The van der Waals surface area contributed by atoms with Crippen LogP contribution in [0.4, 0.5) is 0 Å². The summed E-state index contributed by atoms with van der Waals surface area (Å²) in [5.74, 6) is 0.122. The first-order chi connectivity index (χ1) is 8.72. The summed E-state index contributed by atoms with van der Waals surface area (Å²) in [6.45, 7) is 4.96. The minimum atomic E-state index is 0. The largest absolute Gasteiger partial charge is 0.335 e. The van der Waals surface area contributed by atoms with Crippen LogP contribution < -0.4 is 5.32 Å². The number of aryl methyl sites for hydroxylation is 1. The summed E-state index contributed by atoms with van der Waals surface area (Å²) >= 11 is 0. The van der Waals surface area contributed by atoms with E-state index >= 15 is 0 Å². The van der Waals surface area contributed by atoms with Crippen molar-refractivity contribution in [3.05, 3.63) is 18.0 Å². The second-order valence-electron chi connectivity index (χ2n) is 4.88. The Morgan fingerprint density at radius 3 is 2.74 bits per heavy atom. The molecule has 1 amide bonds. The van der Waals surface area contributed by atoms with Crippen LogP contribution in [-0.4, -0.2) is 46.3 Å².